The van der Waals surface area contributed by atoms with Crippen LogP contribution < -0.4 is 0 Å². The molecule has 3 heteroatoms. The Labute approximate surface area is 119 Å². The molecule has 0 aromatic heterocycles. The molecule has 100 valence electrons. The van der Waals surface area contributed by atoms with Crippen molar-refractivity contribution in [1.82, 2.24) is 0 Å². The molecule has 0 spiro atoms. The second-order valence-corrected chi connectivity index (χ2v) is 6.94. The Morgan fingerprint density at radius 1 is 1.22 bits per heavy atom. The van der Waals surface area contributed by atoms with E-state index in [0.717, 1.165) is 6.42 Å². The van der Waals surface area contributed by atoms with Gasteiger partial charge in [0.2, 0.25) is 0 Å². The lowest BCUT2D eigenvalue weighted by Crippen LogP contribution is -2.14. The average molecular weight is 287 g/mol. The third-order valence-electron chi connectivity index (χ3n) is 2.74. The van der Waals surface area contributed by atoms with Crippen LogP contribution in [0.4, 0.5) is 0 Å². The summed E-state index contributed by atoms with van der Waals surface area (Å²) in [5, 5.41) is 0.918. The first-order valence-corrected chi connectivity index (χ1v) is 6.93. The van der Waals surface area contributed by atoms with Crippen molar-refractivity contribution in [2.24, 2.45) is 11.3 Å². The Kier molecular flexibility index (Phi) is 5.24. The fraction of sp³-hybridized carbons (Fsp3) is 0.533. The van der Waals surface area contributed by atoms with Gasteiger partial charge in [0.05, 0.1) is 10.0 Å². The van der Waals surface area contributed by atoms with Gasteiger partial charge in [0.15, 0.2) is 5.78 Å². The van der Waals surface area contributed by atoms with E-state index < -0.39 is 0 Å². The van der Waals surface area contributed by atoms with E-state index in [1.165, 1.54) is 0 Å². The first-order valence-electron chi connectivity index (χ1n) is 6.17. The highest BCUT2D eigenvalue weighted by atomic mass is 35.5. The van der Waals surface area contributed by atoms with Crippen LogP contribution in [0.1, 0.15) is 50.9 Å². The molecule has 0 aliphatic carbocycles. The lowest BCUT2D eigenvalue weighted by atomic mass is 9.83. The van der Waals surface area contributed by atoms with Crippen LogP contribution in [-0.4, -0.2) is 5.78 Å². The summed E-state index contributed by atoms with van der Waals surface area (Å²) in [5.41, 5.74) is 0.891. The molecule has 1 rings (SSSR count). The first-order chi connectivity index (χ1) is 8.19. The molecule has 0 amide bonds. The monoisotopic (exact) mass is 286 g/mol. The first kappa shape index (κ1) is 15.5. The van der Waals surface area contributed by atoms with E-state index in [2.05, 4.69) is 27.7 Å². The van der Waals surface area contributed by atoms with Crippen molar-refractivity contribution in [3.8, 4) is 0 Å². The van der Waals surface area contributed by atoms with E-state index in [-0.39, 0.29) is 11.2 Å². The van der Waals surface area contributed by atoms with Gasteiger partial charge in [-0.15, -0.1) is 0 Å². The van der Waals surface area contributed by atoms with Gasteiger partial charge in [-0.25, -0.2) is 0 Å². The number of Topliss-reactive ketones (excluding diaryl/α,β-unsaturated/α-hetero) is 1. The molecule has 0 heterocycles. The van der Waals surface area contributed by atoms with Crippen LogP contribution in [0.2, 0.25) is 10.0 Å². The molecule has 0 bridgehead atoms. The lowest BCUT2D eigenvalue weighted by molar-refractivity contribution is 0.0954. The van der Waals surface area contributed by atoms with E-state index in [0.29, 0.717) is 27.9 Å². The molecule has 1 unspecified atom stereocenters. The van der Waals surface area contributed by atoms with Gasteiger partial charge < -0.3 is 0 Å². The Morgan fingerprint density at radius 2 is 1.83 bits per heavy atom. The topological polar surface area (TPSA) is 17.1 Å². The summed E-state index contributed by atoms with van der Waals surface area (Å²) in [7, 11) is 0. The maximum atomic E-state index is 12.1. The maximum Gasteiger partial charge on any atom is 0.163 e. The number of halogens is 2. The molecule has 0 fully saturated rings. The van der Waals surface area contributed by atoms with Crippen LogP contribution in [0.3, 0.4) is 0 Å². The molecule has 1 nitrogen and oxygen atoms in total. The van der Waals surface area contributed by atoms with Crippen molar-refractivity contribution in [3.63, 3.8) is 0 Å². The highest BCUT2D eigenvalue weighted by Crippen LogP contribution is 2.28. The van der Waals surface area contributed by atoms with Gasteiger partial charge in [-0.05, 0) is 36.0 Å². The van der Waals surface area contributed by atoms with E-state index in [9.17, 15) is 4.79 Å². The summed E-state index contributed by atoms with van der Waals surface area (Å²) in [6.45, 7) is 8.67. The third-order valence-corrected chi connectivity index (χ3v) is 3.48. The number of hydrogen-bond acceptors (Lipinski definition) is 1. The smallest absolute Gasteiger partial charge is 0.163 e. The Bertz CT molecular complexity index is 433. The molecule has 1 aromatic carbocycles. The summed E-state index contributed by atoms with van der Waals surface area (Å²) in [6.07, 6.45) is 1.58. The predicted octanol–water partition coefficient (Wildman–Crippen LogP) is 5.64. The third kappa shape index (κ3) is 4.99. The number of carbonyl (C=O) groups excluding carboxylic acids is 1. The quantitative estimate of drug-likeness (QED) is 0.655. The highest BCUT2D eigenvalue weighted by Gasteiger charge is 2.18. The molecular weight excluding hydrogens is 267 g/mol. The number of carbonyl (C=O) groups is 1. The van der Waals surface area contributed by atoms with E-state index in [1.807, 2.05) is 0 Å². The predicted molar refractivity (Wildman–Crippen MR) is 78.6 cm³/mol. The fourth-order valence-corrected chi connectivity index (χ4v) is 2.52. The number of rotatable bonds is 4. The van der Waals surface area contributed by atoms with Crippen LogP contribution in [0.25, 0.3) is 0 Å². The molecular formula is C15H20Cl2O. The standard InChI is InChI=1S/C15H20Cl2O/c1-10(9-15(2,3)4)7-14(18)11-5-6-12(16)13(17)8-11/h5-6,8,10H,7,9H2,1-4H3. The number of benzene rings is 1. The fourth-order valence-electron chi connectivity index (χ4n) is 2.22. The summed E-state index contributed by atoms with van der Waals surface area (Å²) < 4.78 is 0. The molecule has 0 N–H and O–H groups in total. The van der Waals surface area contributed by atoms with Gasteiger partial charge in [0.25, 0.3) is 0 Å². The molecule has 0 aliphatic heterocycles. The molecule has 18 heavy (non-hydrogen) atoms. The molecule has 0 saturated carbocycles. The lowest BCUT2D eigenvalue weighted by Gasteiger charge is -2.22. The zero-order chi connectivity index (χ0) is 13.9. The van der Waals surface area contributed by atoms with E-state index in [4.69, 9.17) is 23.2 Å². The Morgan fingerprint density at radius 3 is 2.33 bits per heavy atom. The molecule has 1 atom stereocenters. The highest BCUT2D eigenvalue weighted by molar-refractivity contribution is 6.42. The maximum absolute atomic E-state index is 12.1. The summed E-state index contributed by atoms with van der Waals surface area (Å²) in [4.78, 5) is 12.1. The van der Waals surface area contributed by atoms with Crippen LogP contribution in [-0.2, 0) is 0 Å². The number of hydrogen-bond donors (Lipinski definition) is 0. The van der Waals surface area contributed by atoms with Crippen LogP contribution in [0, 0.1) is 11.3 Å². The van der Waals surface area contributed by atoms with Crippen molar-refractivity contribution < 1.29 is 4.79 Å². The van der Waals surface area contributed by atoms with E-state index >= 15 is 0 Å². The van der Waals surface area contributed by atoms with Crippen LogP contribution in [0.5, 0.6) is 0 Å². The van der Waals surface area contributed by atoms with Gasteiger partial charge in [-0.2, -0.15) is 0 Å². The average Bonchev–Trinajstić information content (AvgIpc) is 2.18. The minimum Gasteiger partial charge on any atom is -0.294 e. The van der Waals surface area contributed by atoms with Gasteiger partial charge in [-0.1, -0.05) is 50.9 Å². The normalized spacial score (nSPS) is 13.4. The van der Waals surface area contributed by atoms with Crippen molar-refractivity contribution in [1.29, 1.82) is 0 Å². The Hall–Kier alpha value is -0.530. The van der Waals surface area contributed by atoms with Gasteiger partial charge in [0, 0.05) is 12.0 Å². The van der Waals surface area contributed by atoms with E-state index in [1.54, 1.807) is 18.2 Å². The molecule has 0 aliphatic rings. The van der Waals surface area contributed by atoms with Gasteiger partial charge >= 0.3 is 0 Å². The van der Waals surface area contributed by atoms with Crippen molar-refractivity contribution in [2.75, 3.05) is 0 Å². The summed E-state index contributed by atoms with van der Waals surface area (Å²) >= 11 is 11.8. The largest absolute Gasteiger partial charge is 0.294 e. The van der Waals surface area contributed by atoms with Crippen molar-refractivity contribution in [3.05, 3.63) is 33.8 Å². The number of ketones is 1. The van der Waals surface area contributed by atoms with Crippen molar-refractivity contribution in [2.45, 2.75) is 40.5 Å². The zero-order valence-corrected chi connectivity index (χ0v) is 12.9. The van der Waals surface area contributed by atoms with Crippen LogP contribution >= 0.6 is 23.2 Å². The second kappa shape index (κ2) is 6.08. The minimum absolute atomic E-state index is 0.130. The van der Waals surface area contributed by atoms with Crippen molar-refractivity contribution >= 4 is 29.0 Å². The van der Waals surface area contributed by atoms with Crippen LogP contribution in [0.15, 0.2) is 18.2 Å². The SMILES string of the molecule is CC(CC(=O)c1ccc(Cl)c(Cl)c1)CC(C)(C)C. The Balaban J connectivity index is 2.68. The summed E-state index contributed by atoms with van der Waals surface area (Å²) in [5.74, 6) is 0.497. The minimum atomic E-state index is 0.130. The summed E-state index contributed by atoms with van der Waals surface area (Å²) in [6, 6.07) is 5.06. The molecule has 0 radical (unpaired) electrons. The second-order valence-electron chi connectivity index (χ2n) is 6.13. The zero-order valence-electron chi connectivity index (χ0n) is 11.4. The molecule has 0 saturated heterocycles. The van der Waals surface area contributed by atoms with Gasteiger partial charge in [0.1, 0.15) is 0 Å². The molecule has 1 aromatic rings. The van der Waals surface area contributed by atoms with Gasteiger partial charge in [-0.3, -0.25) is 4.79 Å².